The molecule has 2 nitrogen and oxygen atoms in total. The average molecular weight is 569 g/mol. The maximum Gasteiger partial charge on any atom is 0.0982 e. The van der Waals surface area contributed by atoms with Gasteiger partial charge in [-0.2, -0.15) is 0 Å². The minimum absolute atomic E-state index is 0.00964. The summed E-state index contributed by atoms with van der Waals surface area (Å²) in [6.07, 6.45) is 33.2. The second-order valence-corrected chi connectivity index (χ2v) is 14.3. The average Bonchev–Trinajstić information content (AvgIpc) is 3.24. The van der Waals surface area contributed by atoms with Gasteiger partial charge in [0.2, 0.25) is 0 Å². The zero-order chi connectivity index (χ0) is 31.1. The standard InChI is InChI=1S/C40H56O2/c1-29(18-13-19-31(3)22-23-35-33(5)26-34(41)28-39(35,8)9)16-11-12-17-30(2)20-14-21-32(4)36-27-37-38(6,7)24-15-25-40(37,10)42-36/h11-14,16-23,27,34,36,41H,15,24-26,28H2,1-10H3/b12-11+,18-13+,20-14+,23-22+,29-16+,30-17+,31-19+,32-21+/t34-,36?,40-/m1/s1. The Hall–Kier alpha value is -2.68. The molecule has 2 heteroatoms. The Morgan fingerprint density at radius 1 is 0.786 bits per heavy atom. The van der Waals surface area contributed by atoms with Crippen LogP contribution in [0.3, 0.4) is 0 Å². The van der Waals surface area contributed by atoms with Gasteiger partial charge in [0.1, 0.15) is 0 Å². The first-order chi connectivity index (χ1) is 19.6. The lowest BCUT2D eigenvalue weighted by Crippen LogP contribution is -2.39. The fourth-order valence-electron chi connectivity index (χ4n) is 6.84. The third-order valence-corrected chi connectivity index (χ3v) is 9.16. The number of ether oxygens (including phenoxy) is 1. The molecule has 0 spiro atoms. The first-order valence-electron chi connectivity index (χ1n) is 15.8. The van der Waals surface area contributed by atoms with Crippen molar-refractivity contribution >= 4 is 0 Å². The van der Waals surface area contributed by atoms with E-state index in [1.165, 1.54) is 51.9 Å². The van der Waals surface area contributed by atoms with Crippen molar-refractivity contribution in [3.8, 4) is 0 Å². The van der Waals surface area contributed by atoms with Crippen LogP contribution < -0.4 is 0 Å². The fourth-order valence-corrected chi connectivity index (χ4v) is 6.84. The van der Waals surface area contributed by atoms with E-state index in [-0.39, 0.29) is 28.6 Å². The van der Waals surface area contributed by atoms with Crippen molar-refractivity contribution in [3.63, 3.8) is 0 Å². The van der Waals surface area contributed by atoms with Crippen LogP contribution in [-0.4, -0.2) is 22.9 Å². The van der Waals surface area contributed by atoms with Crippen LogP contribution in [0, 0.1) is 10.8 Å². The second-order valence-electron chi connectivity index (χ2n) is 14.3. The Morgan fingerprint density at radius 3 is 1.95 bits per heavy atom. The van der Waals surface area contributed by atoms with Gasteiger partial charge in [-0.15, -0.1) is 0 Å². The molecule has 0 aromatic carbocycles. The van der Waals surface area contributed by atoms with Crippen molar-refractivity contribution in [1.82, 2.24) is 0 Å². The topological polar surface area (TPSA) is 29.5 Å². The molecule has 2 aliphatic carbocycles. The van der Waals surface area contributed by atoms with Crippen LogP contribution in [0.25, 0.3) is 0 Å². The number of hydrogen-bond donors (Lipinski definition) is 1. The molecular formula is C40H56O2. The first kappa shape index (κ1) is 33.8. The summed E-state index contributed by atoms with van der Waals surface area (Å²) in [5.74, 6) is 0. The zero-order valence-electron chi connectivity index (χ0n) is 28.1. The van der Waals surface area contributed by atoms with Gasteiger partial charge in [-0.1, -0.05) is 123 Å². The molecular weight excluding hydrogens is 512 g/mol. The predicted octanol–water partition coefficient (Wildman–Crippen LogP) is 10.8. The summed E-state index contributed by atoms with van der Waals surface area (Å²) in [7, 11) is 0. The SMILES string of the molecule is CC1=C(/C=C/C(C)=C/C=C/C(C)=C/C=C/C=C(C)/C=C/C=C(\C)C2C=C3C(C)(C)CCC[C@@]3(C)O2)C(C)(C)C[C@H](O)C1. The molecule has 3 atom stereocenters. The van der Waals surface area contributed by atoms with E-state index >= 15 is 0 Å². The quantitative estimate of drug-likeness (QED) is 0.221. The number of rotatable bonds is 9. The minimum Gasteiger partial charge on any atom is -0.393 e. The van der Waals surface area contributed by atoms with Gasteiger partial charge in [0.05, 0.1) is 17.8 Å². The predicted molar refractivity (Wildman–Crippen MR) is 182 cm³/mol. The van der Waals surface area contributed by atoms with Crippen molar-refractivity contribution in [1.29, 1.82) is 0 Å². The number of fused-ring (bicyclic) bond motifs is 1. The van der Waals surface area contributed by atoms with E-state index in [1.807, 2.05) is 0 Å². The number of aliphatic hydroxyl groups excluding tert-OH is 1. The van der Waals surface area contributed by atoms with Crippen LogP contribution in [0.2, 0.25) is 0 Å². The van der Waals surface area contributed by atoms with Crippen LogP contribution in [-0.2, 0) is 4.74 Å². The second kappa shape index (κ2) is 14.2. The van der Waals surface area contributed by atoms with Gasteiger partial charge in [-0.25, -0.2) is 0 Å². The van der Waals surface area contributed by atoms with Crippen molar-refractivity contribution in [2.24, 2.45) is 10.8 Å². The third-order valence-electron chi connectivity index (χ3n) is 9.16. The lowest BCUT2D eigenvalue weighted by atomic mass is 9.67. The van der Waals surface area contributed by atoms with E-state index in [0.717, 1.165) is 19.3 Å². The van der Waals surface area contributed by atoms with E-state index in [0.29, 0.717) is 0 Å². The summed E-state index contributed by atoms with van der Waals surface area (Å²) in [5.41, 5.74) is 9.13. The number of aliphatic hydroxyl groups is 1. The normalized spacial score (nSPS) is 29.5. The molecule has 42 heavy (non-hydrogen) atoms. The monoisotopic (exact) mass is 568 g/mol. The van der Waals surface area contributed by atoms with Crippen LogP contribution in [0.15, 0.2) is 118 Å². The lowest BCUT2D eigenvalue weighted by Gasteiger charge is -2.42. The van der Waals surface area contributed by atoms with Gasteiger partial charge in [-0.05, 0) is 107 Å². The number of allylic oxidation sites excluding steroid dienone is 16. The van der Waals surface area contributed by atoms with E-state index < -0.39 is 0 Å². The number of hydrogen-bond acceptors (Lipinski definition) is 2. The summed E-state index contributed by atoms with van der Waals surface area (Å²) < 4.78 is 6.55. The Kier molecular flexibility index (Phi) is 11.4. The van der Waals surface area contributed by atoms with Crippen molar-refractivity contribution in [2.75, 3.05) is 0 Å². The van der Waals surface area contributed by atoms with Gasteiger partial charge in [0.25, 0.3) is 0 Å². The molecule has 0 aromatic heterocycles. The van der Waals surface area contributed by atoms with Gasteiger partial charge in [0.15, 0.2) is 0 Å². The van der Waals surface area contributed by atoms with E-state index in [2.05, 4.69) is 148 Å². The molecule has 0 bridgehead atoms. The summed E-state index contributed by atoms with van der Waals surface area (Å²) >= 11 is 0. The summed E-state index contributed by atoms with van der Waals surface area (Å²) in [6.45, 7) is 22.1. The Labute approximate surface area is 257 Å². The largest absolute Gasteiger partial charge is 0.393 e. The summed E-state index contributed by atoms with van der Waals surface area (Å²) in [6, 6.07) is 0. The molecule has 1 saturated carbocycles. The Morgan fingerprint density at radius 2 is 1.36 bits per heavy atom. The molecule has 1 fully saturated rings. The molecule has 3 rings (SSSR count). The van der Waals surface area contributed by atoms with Crippen LogP contribution in [0.5, 0.6) is 0 Å². The molecule has 1 unspecified atom stereocenters. The molecule has 3 aliphatic rings. The Bertz CT molecular complexity index is 1290. The summed E-state index contributed by atoms with van der Waals surface area (Å²) in [5, 5.41) is 10.1. The molecule has 228 valence electrons. The minimum atomic E-state index is -0.223. The van der Waals surface area contributed by atoms with Crippen molar-refractivity contribution < 1.29 is 9.84 Å². The zero-order valence-corrected chi connectivity index (χ0v) is 28.1. The van der Waals surface area contributed by atoms with Gasteiger partial charge < -0.3 is 9.84 Å². The maximum atomic E-state index is 10.1. The van der Waals surface area contributed by atoms with E-state index in [4.69, 9.17) is 4.74 Å². The third kappa shape index (κ3) is 9.16. The molecule has 0 aromatic rings. The van der Waals surface area contributed by atoms with Gasteiger partial charge in [-0.3, -0.25) is 0 Å². The fraction of sp³-hybridized carbons (Fsp3) is 0.500. The molecule has 1 heterocycles. The van der Waals surface area contributed by atoms with Crippen LogP contribution in [0.1, 0.15) is 101 Å². The summed E-state index contributed by atoms with van der Waals surface area (Å²) in [4.78, 5) is 0. The maximum absolute atomic E-state index is 10.1. The lowest BCUT2D eigenvalue weighted by molar-refractivity contribution is -0.0307. The molecule has 1 N–H and O–H groups in total. The molecule has 0 radical (unpaired) electrons. The Balaban J connectivity index is 1.51. The first-order valence-corrected chi connectivity index (χ1v) is 15.8. The van der Waals surface area contributed by atoms with E-state index in [1.54, 1.807) is 0 Å². The van der Waals surface area contributed by atoms with Gasteiger partial charge in [0, 0.05) is 0 Å². The van der Waals surface area contributed by atoms with E-state index in [9.17, 15) is 5.11 Å². The highest BCUT2D eigenvalue weighted by molar-refractivity contribution is 5.39. The molecule has 0 amide bonds. The highest BCUT2D eigenvalue weighted by Crippen LogP contribution is 2.52. The molecule has 1 aliphatic heterocycles. The van der Waals surface area contributed by atoms with Crippen LogP contribution in [0.4, 0.5) is 0 Å². The highest BCUT2D eigenvalue weighted by Gasteiger charge is 2.47. The van der Waals surface area contributed by atoms with Gasteiger partial charge >= 0.3 is 0 Å². The smallest absolute Gasteiger partial charge is 0.0982 e. The highest BCUT2D eigenvalue weighted by atomic mass is 16.5. The van der Waals surface area contributed by atoms with Crippen molar-refractivity contribution in [2.45, 2.75) is 119 Å². The van der Waals surface area contributed by atoms with Crippen LogP contribution >= 0.6 is 0 Å². The van der Waals surface area contributed by atoms with Crippen molar-refractivity contribution in [3.05, 3.63) is 118 Å². The molecule has 0 saturated heterocycles.